The molecule has 2 heteroatoms. The monoisotopic (exact) mass is 201 g/mol. The number of hydrogen-bond donors (Lipinski definition) is 0. The zero-order valence-electron chi connectivity index (χ0n) is 8.78. The zero-order chi connectivity index (χ0) is 10.3. The van der Waals surface area contributed by atoms with E-state index in [0.717, 1.165) is 24.6 Å². The van der Waals surface area contributed by atoms with E-state index in [1.165, 1.54) is 18.4 Å². The third kappa shape index (κ3) is 1.65. The minimum atomic E-state index is 0.281. The average molecular weight is 201 g/mol. The standard InChI is InChI=1S/C13H15NO/c15-13-5-2-8-14(13)12-4-1-3-11(9-12)10-6-7-10/h1,3-4,9-10H,2,5-8H2. The fourth-order valence-electron chi connectivity index (χ4n) is 2.28. The van der Waals surface area contributed by atoms with Crippen LogP contribution in [0.3, 0.4) is 0 Å². The van der Waals surface area contributed by atoms with Crippen molar-refractivity contribution < 1.29 is 4.79 Å². The van der Waals surface area contributed by atoms with Gasteiger partial charge in [-0.05, 0) is 42.9 Å². The van der Waals surface area contributed by atoms with E-state index in [2.05, 4.69) is 24.3 Å². The number of carbonyl (C=O) groups is 1. The predicted octanol–water partition coefficient (Wildman–Crippen LogP) is 2.69. The second-order valence-electron chi connectivity index (χ2n) is 4.52. The molecule has 0 aromatic heterocycles. The van der Waals surface area contributed by atoms with Crippen LogP contribution in [0, 0.1) is 0 Å². The summed E-state index contributed by atoms with van der Waals surface area (Å²) in [5.74, 6) is 1.05. The van der Waals surface area contributed by atoms with E-state index in [0.29, 0.717) is 6.42 Å². The molecular weight excluding hydrogens is 186 g/mol. The molecule has 2 nitrogen and oxygen atoms in total. The lowest BCUT2D eigenvalue weighted by atomic mass is 10.1. The summed E-state index contributed by atoms with van der Waals surface area (Å²) in [4.78, 5) is 13.5. The first-order valence-electron chi connectivity index (χ1n) is 5.75. The highest BCUT2D eigenvalue weighted by atomic mass is 16.2. The maximum Gasteiger partial charge on any atom is 0.227 e. The van der Waals surface area contributed by atoms with Gasteiger partial charge in [-0.1, -0.05) is 12.1 Å². The van der Waals surface area contributed by atoms with Crippen molar-refractivity contribution in [1.82, 2.24) is 0 Å². The van der Waals surface area contributed by atoms with Crippen LogP contribution in [-0.4, -0.2) is 12.5 Å². The molecule has 1 saturated heterocycles. The van der Waals surface area contributed by atoms with Crippen molar-refractivity contribution in [3.8, 4) is 0 Å². The SMILES string of the molecule is O=C1CCCN1c1cccc(C2CC2)c1. The normalized spacial score (nSPS) is 21.1. The van der Waals surface area contributed by atoms with Gasteiger partial charge in [0.2, 0.25) is 5.91 Å². The van der Waals surface area contributed by atoms with Crippen molar-refractivity contribution in [3.63, 3.8) is 0 Å². The zero-order valence-corrected chi connectivity index (χ0v) is 8.78. The Bertz CT molecular complexity index is 395. The lowest BCUT2D eigenvalue weighted by Crippen LogP contribution is -2.23. The van der Waals surface area contributed by atoms with E-state index < -0.39 is 0 Å². The maximum absolute atomic E-state index is 11.6. The molecule has 2 aliphatic rings. The summed E-state index contributed by atoms with van der Waals surface area (Å²) in [6.45, 7) is 0.896. The third-order valence-corrected chi connectivity index (χ3v) is 3.30. The first-order chi connectivity index (χ1) is 7.34. The maximum atomic E-state index is 11.6. The summed E-state index contributed by atoms with van der Waals surface area (Å²) in [6.07, 6.45) is 4.36. The minimum absolute atomic E-state index is 0.281. The molecule has 1 aliphatic carbocycles. The lowest BCUT2D eigenvalue weighted by Gasteiger charge is -2.16. The largest absolute Gasteiger partial charge is 0.312 e. The number of amides is 1. The van der Waals surface area contributed by atoms with Gasteiger partial charge >= 0.3 is 0 Å². The lowest BCUT2D eigenvalue weighted by molar-refractivity contribution is -0.117. The van der Waals surface area contributed by atoms with Crippen molar-refractivity contribution >= 4 is 11.6 Å². The van der Waals surface area contributed by atoms with Gasteiger partial charge in [-0.25, -0.2) is 0 Å². The van der Waals surface area contributed by atoms with E-state index in [1.54, 1.807) is 0 Å². The highest BCUT2D eigenvalue weighted by molar-refractivity contribution is 5.95. The van der Waals surface area contributed by atoms with Crippen molar-refractivity contribution in [3.05, 3.63) is 29.8 Å². The van der Waals surface area contributed by atoms with Gasteiger partial charge in [0.05, 0.1) is 0 Å². The Kier molecular flexibility index (Phi) is 2.01. The van der Waals surface area contributed by atoms with Gasteiger partial charge < -0.3 is 4.90 Å². The van der Waals surface area contributed by atoms with Crippen LogP contribution < -0.4 is 4.90 Å². The molecule has 0 spiro atoms. The molecule has 0 N–H and O–H groups in total. The molecule has 15 heavy (non-hydrogen) atoms. The molecule has 1 saturated carbocycles. The molecule has 2 fully saturated rings. The topological polar surface area (TPSA) is 20.3 Å². The third-order valence-electron chi connectivity index (χ3n) is 3.30. The Hall–Kier alpha value is -1.31. The Labute approximate surface area is 89.9 Å². The Morgan fingerprint density at radius 1 is 1.27 bits per heavy atom. The van der Waals surface area contributed by atoms with Gasteiger partial charge in [0.25, 0.3) is 0 Å². The van der Waals surface area contributed by atoms with Gasteiger partial charge in [-0.15, -0.1) is 0 Å². The molecule has 3 rings (SSSR count). The van der Waals surface area contributed by atoms with E-state index in [9.17, 15) is 4.79 Å². The molecular formula is C13H15NO. The van der Waals surface area contributed by atoms with Gasteiger partial charge in [0.15, 0.2) is 0 Å². The molecule has 1 aliphatic heterocycles. The van der Waals surface area contributed by atoms with E-state index in [-0.39, 0.29) is 5.91 Å². The Morgan fingerprint density at radius 2 is 2.13 bits per heavy atom. The second-order valence-corrected chi connectivity index (χ2v) is 4.52. The summed E-state index contributed by atoms with van der Waals surface area (Å²) < 4.78 is 0. The van der Waals surface area contributed by atoms with E-state index in [1.807, 2.05) is 4.90 Å². The Morgan fingerprint density at radius 3 is 2.80 bits per heavy atom. The molecule has 0 unspecified atom stereocenters. The van der Waals surface area contributed by atoms with Crippen molar-refractivity contribution in [2.24, 2.45) is 0 Å². The van der Waals surface area contributed by atoms with E-state index >= 15 is 0 Å². The summed E-state index contributed by atoms with van der Waals surface area (Å²) in [5.41, 5.74) is 2.51. The number of carbonyl (C=O) groups excluding carboxylic acids is 1. The fraction of sp³-hybridized carbons (Fsp3) is 0.462. The van der Waals surface area contributed by atoms with Crippen molar-refractivity contribution in [1.29, 1.82) is 0 Å². The molecule has 1 aromatic carbocycles. The number of rotatable bonds is 2. The summed E-state index contributed by atoms with van der Waals surface area (Å²) in [6, 6.07) is 8.51. The minimum Gasteiger partial charge on any atom is -0.312 e. The number of hydrogen-bond acceptors (Lipinski definition) is 1. The van der Waals surface area contributed by atoms with Crippen LogP contribution in [0.2, 0.25) is 0 Å². The molecule has 1 aromatic rings. The van der Waals surface area contributed by atoms with Gasteiger partial charge in [-0.2, -0.15) is 0 Å². The molecule has 1 amide bonds. The molecule has 0 atom stereocenters. The predicted molar refractivity (Wildman–Crippen MR) is 60.0 cm³/mol. The van der Waals surface area contributed by atoms with Crippen LogP contribution in [0.4, 0.5) is 5.69 Å². The van der Waals surface area contributed by atoms with Gasteiger partial charge in [-0.3, -0.25) is 4.79 Å². The Balaban J connectivity index is 1.90. The molecule has 0 bridgehead atoms. The summed E-state index contributed by atoms with van der Waals surface area (Å²) >= 11 is 0. The van der Waals surface area contributed by atoms with Crippen LogP contribution in [0.1, 0.15) is 37.2 Å². The molecule has 1 heterocycles. The van der Waals surface area contributed by atoms with Crippen LogP contribution in [0.15, 0.2) is 24.3 Å². The first-order valence-corrected chi connectivity index (χ1v) is 5.75. The van der Waals surface area contributed by atoms with Gasteiger partial charge in [0.1, 0.15) is 0 Å². The van der Waals surface area contributed by atoms with Crippen LogP contribution in [-0.2, 0) is 4.79 Å². The van der Waals surface area contributed by atoms with Crippen LogP contribution >= 0.6 is 0 Å². The van der Waals surface area contributed by atoms with E-state index in [4.69, 9.17) is 0 Å². The molecule has 78 valence electrons. The van der Waals surface area contributed by atoms with Crippen molar-refractivity contribution in [2.45, 2.75) is 31.6 Å². The summed E-state index contributed by atoms with van der Waals surface area (Å²) in [5, 5.41) is 0. The van der Waals surface area contributed by atoms with Gasteiger partial charge in [0, 0.05) is 18.7 Å². The fourth-order valence-corrected chi connectivity index (χ4v) is 2.28. The second kappa shape index (κ2) is 3.37. The molecule has 0 radical (unpaired) electrons. The highest BCUT2D eigenvalue weighted by Gasteiger charge is 2.26. The number of nitrogens with zero attached hydrogens (tertiary/aromatic N) is 1. The first kappa shape index (κ1) is 8.96. The number of anilines is 1. The highest BCUT2D eigenvalue weighted by Crippen LogP contribution is 2.41. The number of benzene rings is 1. The van der Waals surface area contributed by atoms with Crippen molar-refractivity contribution in [2.75, 3.05) is 11.4 Å². The smallest absolute Gasteiger partial charge is 0.227 e. The van der Waals surface area contributed by atoms with Crippen LogP contribution in [0.25, 0.3) is 0 Å². The quantitative estimate of drug-likeness (QED) is 0.720. The summed E-state index contributed by atoms with van der Waals surface area (Å²) in [7, 11) is 0. The average Bonchev–Trinajstić information content (AvgIpc) is 3.02. The van der Waals surface area contributed by atoms with Crippen LogP contribution in [0.5, 0.6) is 0 Å².